The van der Waals surface area contributed by atoms with E-state index in [-0.39, 0.29) is 0 Å². The Morgan fingerprint density at radius 1 is 1.47 bits per heavy atom. The summed E-state index contributed by atoms with van der Waals surface area (Å²) in [4.78, 5) is 2.44. The minimum Gasteiger partial charge on any atom is -0.378 e. The lowest BCUT2D eigenvalue weighted by atomic mass is 10.2. The fourth-order valence-corrected chi connectivity index (χ4v) is 2.82. The molecular weight excluding hydrogens is 236 g/mol. The van der Waals surface area contributed by atoms with Crippen molar-refractivity contribution in [1.29, 1.82) is 0 Å². The highest BCUT2D eigenvalue weighted by molar-refractivity contribution is 7.15. The Hall–Kier alpha value is -0.720. The monoisotopic (exact) mass is 256 g/mol. The van der Waals surface area contributed by atoms with Crippen molar-refractivity contribution in [2.24, 2.45) is 0 Å². The largest absolute Gasteiger partial charge is 0.378 e. The number of nitrogens with zero attached hydrogens (tertiary/aromatic N) is 3. The van der Waals surface area contributed by atoms with E-state index < -0.39 is 0 Å². The minimum atomic E-state index is 0.523. The Labute approximate surface area is 106 Å². The Morgan fingerprint density at radius 3 is 3.12 bits per heavy atom. The fourth-order valence-electron chi connectivity index (χ4n) is 1.99. The molecule has 1 saturated heterocycles. The van der Waals surface area contributed by atoms with Crippen molar-refractivity contribution in [1.82, 2.24) is 15.1 Å². The number of hydrogen-bond acceptors (Lipinski definition) is 6. The van der Waals surface area contributed by atoms with E-state index >= 15 is 0 Å². The van der Waals surface area contributed by atoms with Crippen molar-refractivity contribution < 1.29 is 4.74 Å². The van der Waals surface area contributed by atoms with Crippen LogP contribution in [0, 0.1) is 0 Å². The van der Waals surface area contributed by atoms with Crippen LogP contribution in [0.1, 0.15) is 25.3 Å². The lowest BCUT2D eigenvalue weighted by molar-refractivity contribution is -0.0128. The van der Waals surface area contributed by atoms with Gasteiger partial charge in [0.15, 0.2) is 0 Å². The predicted octanol–water partition coefficient (Wildman–Crippen LogP) is 1.58. The molecule has 17 heavy (non-hydrogen) atoms. The molecule has 0 aromatic carbocycles. The van der Waals surface area contributed by atoms with Crippen LogP contribution in [-0.4, -0.2) is 47.4 Å². The molecule has 0 spiro atoms. The van der Waals surface area contributed by atoms with E-state index in [4.69, 9.17) is 4.74 Å². The summed E-state index contributed by atoms with van der Waals surface area (Å²) in [5.41, 5.74) is 0. The van der Waals surface area contributed by atoms with Crippen molar-refractivity contribution in [3.63, 3.8) is 0 Å². The molecule has 1 aliphatic rings. The van der Waals surface area contributed by atoms with Gasteiger partial charge < -0.3 is 10.1 Å². The number of hydrogen-bond donors (Lipinski definition) is 1. The molecule has 1 aromatic heterocycles. The van der Waals surface area contributed by atoms with Crippen LogP contribution in [0.25, 0.3) is 0 Å². The lowest BCUT2D eigenvalue weighted by Gasteiger charge is -2.34. The molecule has 0 bridgehead atoms. The Balaban J connectivity index is 1.93. The second-order valence-electron chi connectivity index (χ2n) is 4.14. The molecule has 5 nitrogen and oxygen atoms in total. The first kappa shape index (κ1) is 12.7. The number of rotatable bonds is 5. The average Bonchev–Trinajstić information content (AvgIpc) is 2.78. The number of morpholine rings is 1. The van der Waals surface area contributed by atoms with Gasteiger partial charge >= 0.3 is 0 Å². The summed E-state index contributed by atoms with van der Waals surface area (Å²) >= 11 is 1.65. The van der Waals surface area contributed by atoms with Gasteiger partial charge in [-0.05, 0) is 13.3 Å². The molecule has 0 radical (unpaired) electrons. The van der Waals surface area contributed by atoms with Gasteiger partial charge in [0.25, 0.3) is 0 Å². The lowest BCUT2D eigenvalue weighted by Crippen LogP contribution is -2.44. The first-order valence-corrected chi connectivity index (χ1v) is 7.03. The fraction of sp³-hybridized carbons (Fsp3) is 0.818. The van der Waals surface area contributed by atoms with Crippen LogP contribution >= 0.6 is 11.3 Å². The van der Waals surface area contributed by atoms with E-state index in [1.165, 1.54) is 0 Å². The molecule has 1 N–H and O–H groups in total. The van der Waals surface area contributed by atoms with Gasteiger partial charge in [-0.25, -0.2) is 0 Å². The average molecular weight is 256 g/mol. The number of aromatic nitrogens is 2. The number of ether oxygens (including phenoxy) is 1. The molecule has 0 aliphatic carbocycles. The SMILES string of the molecule is CCNc1nnc(CN2CCOCC2CC)s1. The molecule has 1 unspecified atom stereocenters. The molecule has 1 aromatic rings. The predicted molar refractivity (Wildman–Crippen MR) is 69.4 cm³/mol. The zero-order valence-electron chi connectivity index (χ0n) is 10.5. The van der Waals surface area contributed by atoms with E-state index in [0.717, 1.165) is 49.4 Å². The normalized spacial score (nSPS) is 21.6. The highest BCUT2D eigenvalue weighted by Gasteiger charge is 2.22. The Kier molecular flexibility index (Phi) is 4.70. The highest BCUT2D eigenvalue weighted by Crippen LogP contribution is 2.19. The second-order valence-corrected chi connectivity index (χ2v) is 5.20. The van der Waals surface area contributed by atoms with Gasteiger partial charge in [0, 0.05) is 19.1 Å². The first-order chi connectivity index (χ1) is 8.33. The summed E-state index contributed by atoms with van der Waals surface area (Å²) in [6, 6.07) is 0.523. The maximum Gasteiger partial charge on any atom is 0.205 e. The molecule has 1 fully saturated rings. The van der Waals surface area contributed by atoms with Crippen LogP contribution in [0.15, 0.2) is 0 Å². The molecule has 2 heterocycles. The summed E-state index contributed by atoms with van der Waals surface area (Å²) in [7, 11) is 0. The van der Waals surface area contributed by atoms with Gasteiger partial charge in [-0.1, -0.05) is 18.3 Å². The summed E-state index contributed by atoms with van der Waals surface area (Å²) in [6.07, 6.45) is 1.12. The number of nitrogens with one attached hydrogen (secondary N) is 1. The topological polar surface area (TPSA) is 50.3 Å². The van der Waals surface area contributed by atoms with Crippen molar-refractivity contribution in [2.75, 3.05) is 31.6 Å². The van der Waals surface area contributed by atoms with E-state index in [0.29, 0.717) is 6.04 Å². The zero-order valence-corrected chi connectivity index (χ0v) is 11.3. The maximum atomic E-state index is 5.50. The number of anilines is 1. The highest BCUT2D eigenvalue weighted by atomic mass is 32.1. The van der Waals surface area contributed by atoms with Crippen LogP contribution in [0.5, 0.6) is 0 Å². The second kappa shape index (κ2) is 6.28. The van der Waals surface area contributed by atoms with Crippen LogP contribution < -0.4 is 5.32 Å². The molecule has 0 saturated carbocycles. The molecule has 1 atom stereocenters. The molecular formula is C11H20N4OS. The molecule has 6 heteroatoms. The van der Waals surface area contributed by atoms with Crippen molar-refractivity contribution >= 4 is 16.5 Å². The van der Waals surface area contributed by atoms with Gasteiger partial charge in [0.2, 0.25) is 5.13 Å². The summed E-state index contributed by atoms with van der Waals surface area (Å²) in [5, 5.41) is 13.5. The summed E-state index contributed by atoms with van der Waals surface area (Å²) in [6.45, 7) is 8.72. The standard InChI is InChI=1S/C11H20N4OS/c1-3-9-8-16-6-5-15(9)7-10-13-14-11(17-10)12-4-2/h9H,3-8H2,1-2H3,(H,12,14). The van der Waals surface area contributed by atoms with Crippen LogP contribution in [-0.2, 0) is 11.3 Å². The van der Waals surface area contributed by atoms with Gasteiger partial charge in [0.05, 0.1) is 19.8 Å². The van der Waals surface area contributed by atoms with Crippen LogP contribution in [0.2, 0.25) is 0 Å². The van der Waals surface area contributed by atoms with Crippen LogP contribution in [0.4, 0.5) is 5.13 Å². The van der Waals surface area contributed by atoms with E-state index in [1.54, 1.807) is 11.3 Å². The summed E-state index contributed by atoms with van der Waals surface area (Å²) in [5.74, 6) is 0. The van der Waals surface area contributed by atoms with Gasteiger partial charge in [-0.3, -0.25) is 4.90 Å². The first-order valence-electron chi connectivity index (χ1n) is 6.21. The summed E-state index contributed by atoms with van der Waals surface area (Å²) < 4.78 is 5.50. The smallest absolute Gasteiger partial charge is 0.205 e. The Bertz CT molecular complexity index is 344. The van der Waals surface area contributed by atoms with Crippen LogP contribution in [0.3, 0.4) is 0 Å². The minimum absolute atomic E-state index is 0.523. The third-order valence-corrected chi connectivity index (χ3v) is 3.82. The van der Waals surface area contributed by atoms with E-state index in [9.17, 15) is 0 Å². The molecule has 96 valence electrons. The van der Waals surface area contributed by atoms with Gasteiger partial charge in [-0.2, -0.15) is 0 Å². The van der Waals surface area contributed by atoms with Crippen molar-refractivity contribution in [3.8, 4) is 0 Å². The maximum absolute atomic E-state index is 5.50. The van der Waals surface area contributed by atoms with Crippen molar-refractivity contribution in [3.05, 3.63) is 5.01 Å². The van der Waals surface area contributed by atoms with Crippen molar-refractivity contribution in [2.45, 2.75) is 32.9 Å². The van der Waals surface area contributed by atoms with E-state index in [1.807, 2.05) is 0 Å². The zero-order chi connectivity index (χ0) is 12.1. The third kappa shape index (κ3) is 3.37. The molecule has 2 rings (SSSR count). The van der Waals surface area contributed by atoms with Gasteiger partial charge in [-0.15, -0.1) is 10.2 Å². The van der Waals surface area contributed by atoms with Gasteiger partial charge in [0.1, 0.15) is 5.01 Å². The van der Waals surface area contributed by atoms with E-state index in [2.05, 4.69) is 34.3 Å². The molecule has 1 aliphatic heterocycles. The third-order valence-electron chi connectivity index (χ3n) is 2.95. The quantitative estimate of drug-likeness (QED) is 0.867. The molecule has 0 amide bonds. The Morgan fingerprint density at radius 2 is 2.35 bits per heavy atom.